The molecule has 31 heavy (non-hydrogen) atoms. The number of methoxy groups -OCH3 is 1. The maximum atomic E-state index is 13.1. The molecule has 0 aliphatic rings. The number of carbonyl (C=O) groups is 2. The Kier molecular flexibility index (Phi) is 7.44. The number of carbonyl (C=O) groups excluding carboxylic acids is 2. The molecule has 8 heteroatoms. The number of thiazole rings is 1. The summed E-state index contributed by atoms with van der Waals surface area (Å²) in [5, 5.41) is 0.604. The van der Waals surface area contributed by atoms with Crippen molar-refractivity contribution < 1.29 is 19.1 Å². The van der Waals surface area contributed by atoms with E-state index in [1.807, 2.05) is 12.1 Å². The predicted molar refractivity (Wildman–Crippen MR) is 121 cm³/mol. The Bertz CT molecular complexity index is 1260. The third-order valence-corrected chi connectivity index (χ3v) is 5.66. The lowest BCUT2D eigenvalue weighted by atomic mass is 10.1. The van der Waals surface area contributed by atoms with E-state index < -0.39 is 11.9 Å². The van der Waals surface area contributed by atoms with E-state index in [0.29, 0.717) is 19.8 Å². The summed E-state index contributed by atoms with van der Waals surface area (Å²) in [6.45, 7) is 2.19. The molecule has 0 aliphatic heterocycles. The Labute approximate surface area is 187 Å². The summed E-state index contributed by atoms with van der Waals surface area (Å²) < 4.78 is 12.2. The molecule has 0 N–H and O–H groups in total. The second-order valence-corrected chi connectivity index (χ2v) is 7.98. The second kappa shape index (κ2) is 10.2. The first-order valence-electron chi connectivity index (χ1n) is 9.44. The molecule has 0 unspecified atom stereocenters. The molecule has 0 bridgehead atoms. The maximum Gasteiger partial charge on any atom is 0.337 e. The van der Waals surface area contributed by atoms with Crippen LogP contribution in [0.2, 0.25) is 5.02 Å². The molecule has 0 saturated carbocycles. The van der Waals surface area contributed by atoms with E-state index in [-0.39, 0.29) is 18.7 Å². The first kappa shape index (κ1) is 22.5. The largest absolute Gasteiger partial charge is 0.465 e. The van der Waals surface area contributed by atoms with E-state index in [1.165, 1.54) is 29.1 Å². The molecule has 160 valence electrons. The lowest BCUT2D eigenvalue weighted by Crippen LogP contribution is -2.32. The lowest BCUT2D eigenvalue weighted by Gasteiger charge is -2.04. The van der Waals surface area contributed by atoms with Crippen LogP contribution in [0.15, 0.2) is 53.3 Å². The number of halogens is 1. The number of benzene rings is 2. The Morgan fingerprint density at radius 2 is 1.77 bits per heavy atom. The van der Waals surface area contributed by atoms with E-state index >= 15 is 0 Å². The molecule has 0 saturated heterocycles. The standard InChI is InChI=1S/C23H20ClNO5S/c1-3-30-21(26)13-20-25(14-16-4-8-17(9-5-16)23(28)29-2)22(27)19(31-20)12-15-6-10-18(24)11-7-15/h4-13H,3,14H2,1-2H3/b19-12+,20-13+. The van der Waals surface area contributed by atoms with Crippen molar-refractivity contribution in [1.29, 1.82) is 0 Å². The predicted octanol–water partition coefficient (Wildman–Crippen LogP) is 2.57. The summed E-state index contributed by atoms with van der Waals surface area (Å²) in [5.74, 6) is -0.952. The molecule has 0 amide bonds. The zero-order valence-corrected chi connectivity index (χ0v) is 18.5. The van der Waals surface area contributed by atoms with Crippen LogP contribution in [-0.4, -0.2) is 30.2 Å². The average Bonchev–Trinajstić information content (AvgIpc) is 3.04. The monoisotopic (exact) mass is 457 g/mol. The first-order chi connectivity index (χ1) is 14.9. The van der Waals surface area contributed by atoms with Gasteiger partial charge in [0.05, 0.1) is 36.4 Å². The van der Waals surface area contributed by atoms with Crippen LogP contribution in [-0.2, 0) is 20.8 Å². The Morgan fingerprint density at radius 1 is 1.10 bits per heavy atom. The summed E-state index contributed by atoms with van der Waals surface area (Å²) in [6, 6.07) is 13.9. The first-order valence-corrected chi connectivity index (χ1v) is 10.6. The molecule has 0 radical (unpaired) electrons. The Hall–Kier alpha value is -3.16. The lowest BCUT2D eigenvalue weighted by molar-refractivity contribution is -0.135. The van der Waals surface area contributed by atoms with E-state index in [1.54, 1.807) is 49.4 Å². The minimum absolute atomic E-state index is 0.229. The number of aromatic nitrogens is 1. The van der Waals surface area contributed by atoms with Gasteiger partial charge in [-0.05, 0) is 48.4 Å². The number of hydrogen-bond acceptors (Lipinski definition) is 6. The van der Waals surface area contributed by atoms with Crippen molar-refractivity contribution in [2.75, 3.05) is 13.7 Å². The highest BCUT2D eigenvalue weighted by Gasteiger charge is 2.10. The summed E-state index contributed by atoms with van der Waals surface area (Å²) in [6.07, 6.45) is 3.07. The van der Waals surface area contributed by atoms with Gasteiger partial charge in [-0.3, -0.25) is 9.36 Å². The molecule has 1 aromatic heterocycles. The molecule has 0 spiro atoms. The molecule has 3 aromatic rings. The smallest absolute Gasteiger partial charge is 0.337 e. The third kappa shape index (κ3) is 5.71. The van der Waals surface area contributed by atoms with Crippen LogP contribution in [0.25, 0.3) is 12.2 Å². The van der Waals surface area contributed by atoms with Crippen molar-refractivity contribution in [3.05, 3.63) is 89.8 Å². The SMILES string of the molecule is CCOC(=O)/C=c1/s/c(=C/c2ccc(Cl)cc2)c(=O)n1Cc1ccc(C(=O)OC)cc1. The van der Waals surface area contributed by atoms with Crippen molar-refractivity contribution >= 4 is 47.0 Å². The van der Waals surface area contributed by atoms with Crippen LogP contribution >= 0.6 is 22.9 Å². The Balaban J connectivity index is 2.06. The number of esters is 2. The van der Waals surface area contributed by atoms with Gasteiger partial charge in [0.2, 0.25) is 0 Å². The molecule has 0 fully saturated rings. The summed E-state index contributed by atoms with van der Waals surface area (Å²) in [4.78, 5) is 36.7. The number of rotatable bonds is 6. The van der Waals surface area contributed by atoms with Gasteiger partial charge in [-0.1, -0.05) is 35.9 Å². The molecule has 0 atom stereocenters. The second-order valence-electron chi connectivity index (χ2n) is 6.48. The van der Waals surface area contributed by atoms with Crippen LogP contribution in [0.5, 0.6) is 0 Å². The highest BCUT2D eigenvalue weighted by molar-refractivity contribution is 7.07. The minimum Gasteiger partial charge on any atom is -0.465 e. The van der Waals surface area contributed by atoms with Crippen LogP contribution in [0.3, 0.4) is 0 Å². The van der Waals surface area contributed by atoms with Crippen LogP contribution in [0, 0.1) is 0 Å². The van der Waals surface area contributed by atoms with Gasteiger partial charge in [0.25, 0.3) is 5.56 Å². The van der Waals surface area contributed by atoms with E-state index in [9.17, 15) is 14.4 Å². The van der Waals surface area contributed by atoms with Crippen molar-refractivity contribution in [3.8, 4) is 0 Å². The fourth-order valence-corrected chi connectivity index (χ4v) is 3.99. The zero-order chi connectivity index (χ0) is 22.4. The number of ether oxygens (including phenoxy) is 2. The van der Waals surface area contributed by atoms with E-state index in [0.717, 1.165) is 11.1 Å². The van der Waals surface area contributed by atoms with Gasteiger partial charge in [-0.2, -0.15) is 0 Å². The highest BCUT2D eigenvalue weighted by atomic mass is 35.5. The third-order valence-electron chi connectivity index (χ3n) is 4.35. The van der Waals surface area contributed by atoms with Gasteiger partial charge >= 0.3 is 11.9 Å². The summed E-state index contributed by atoms with van der Waals surface area (Å²) in [5.41, 5.74) is 1.80. The van der Waals surface area contributed by atoms with Crippen LogP contribution < -0.4 is 14.8 Å². The molecular weight excluding hydrogens is 438 g/mol. The molecule has 2 aromatic carbocycles. The Morgan fingerprint density at radius 3 is 2.39 bits per heavy atom. The fourth-order valence-electron chi connectivity index (χ4n) is 2.83. The zero-order valence-electron chi connectivity index (χ0n) is 17.0. The van der Waals surface area contributed by atoms with Crippen molar-refractivity contribution in [3.63, 3.8) is 0 Å². The van der Waals surface area contributed by atoms with E-state index in [2.05, 4.69) is 0 Å². The van der Waals surface area contributed by atoms with Gasteiger partial charge in [0.1, 0.15) is 4.66 Å². The van der Waals surface area contributed by atoms with Crippen LogP contribution in [0.1, 0.15) is 28.4 Å². The summed E-state index contributed by atoms with van der Waals surface area (Å²) >= 11 is 7.13. The van der Waals surface area contributed by atoms with Crippen molar-refractivity contribution in [2.24, 2.45) is 0 Å². The minimum atomic E-state index is -0.517. The number of nitrogens with zero attached hydrogens (tertiary/aromatic N) is 1. The maximum absolute atomic E-state index is 13.1. The summed E-state index contributed by atoms with van der Waals surface area (Å²) in [7, 11) is 1.32. The molecule has 0 aliphatic carbocycles. The van der Waals surface area contributed by atoms with Gasteiger partial charge in [0.15, 0.2) is 0 Å². The van der Waals surface area contributed by atoms with Crippen LogP contribution in [0.4, 0.5) is 0 Å². The number of hydrogen-bond donors (Lipinski definition) is 0. The normalized spacial score (nSPS) is 12.1. The topological polar surface area (TPSA) is 74.6 Å². The van der Waals surface area contributed by atoms with Gasteiger partial charge in [-0.15, -0.1) is 11.3 Å². The molecule has 1 heterocycles. The van der Waals surface area contributed by atoms with Crippen molar-refractivity contribution in [2.45, 2.75) is 13.5 Å². The van der Waals surface area contributed by atoms with Gasteiger partial charge < -0.3 is 9.47 Å². The molecular formula is C23H20ClNO5S. The average molecular weight is 458 g/mol. The van der Waals surface area contributed by atoms with E-state index in [4.69, 9.17) is 21.1 Å². The molecule has 6 nitrogen and oxygen atoms in total. The van der Waals surface area contributed by atoms with Crippen molar-refractivity contribution in [1.82, 2.24) is 4.57 Å². The fraction of sp³-hybridized carbons (Fsp3) is 0.174. The van der Waals surface area contributed by atoms with Gasteiger partial charge in [0, 0.05) is 5.02 Å². The molecule has 3 rings (SSSR count). The quantitative estimate of drug-likeness (QED) is 0.532. The highest BCUT2D eigenvalue weighted by Crippen LogP contribution is 2.10. The van der Waals surface area contributed by atoms with Gasteiger partial charge in [-0.25, -0.2) is 9.59 Å².